The zero-order valence-electron chi connectivity index (χ0n) is 18.8. The molecule has 0 aliphatic carbocycles. The average Bonchev–Trinajstić information content (AvgIpc) is 2.68. The molecule has 3 rings (SSSR count). The lowest BCUT2D eigenvalue weighted by atomic mass is 10.2. The Bertz CT molecular complexity index is 1470. The van der Waals surface area contributed by atoms with Crippen LogP contribution in [0.5, 0.6) is 5.75 Å². The molecule has 3 aromatic rings. The van der Waals surface area contributed by atoms with Crippen LogP contribution in [0, 0.1) is 20.8 Å². The van der Waals surface area contributed by atoms with Gasteiger partial charge in [-0.2, -0.15) is 16.8 Å². The molecule has 0 fully saturated rings. The Kier molecular flexibility index (Phi) is 8.98. The predicted molar refractivity (Wildman–Crippen MR) is 131 cm³/mol. The smallest absolute Gasteiger partial charge is 0.307 e. The molecule has 1 atom stereocenters. The van der Waals surface area contributed by atoms with Crippen molar-refractivity contribution >= 4 is 38.2 Å². The van der Waals surface area contributed by atoms with E-state index in [-0.39, 0.29) is 28.7 Å². The zero-order chi connectivity index (χ0) is 23.9. The first kappa shape index (κ1) is 29.5. The molecule has 0 aliphatic heterocycles. The topological polar surface area (TPSA) is 205 Å². The van der Waals surface area contributed by atoms with Crippen LogP contribution in [0.3, 0.4) is 0 Å². The van der Waals surface area contributed by atoms with Gasteiger partial charge in [0.25, 0.3) is 20.2 Å². The van der Waals surface area contributed by atoms with Gasteiger partial charge in [-0.25, -0.2) is 0 Å². The second kappa shape index (κ2) is 10.4. The van der Waals surface area contributed by atoms with Crippen molar-refractivity contribution in [3.63, 3.8) is 0 Å². The molecule has 8 N–H and O–H groups in total. The molecular weight excluding hydrogens is 503 g/mol. The van der Waals surface area contributed by atoms with Gasteiger partial charge in [-0.1, -0.05) is 30.3 Å². The van der Waals surface area contributed by atoms with Gasteiger partial charge in [0.15, 0.2) is 0 Å². The second-order valence-electron chi connectivity index (χ2n) is 7.25. The molecule has 0 radical (unpaired) electrons. The summed E-state index contributed by atoms with van der Waals surface area (Å²) < 4.78 is 86.0. The van der Waals surface area contributed by atoms with Crippen LogP contribution in [0.25, 0.3) is 0 Å². The molecular formula is C21H27N2O8PS2. The van der Waals surface area contributed by atoms with Crippen LogP contribution in [0.15, 0.2) is 70.5 Å². The van der Waals surface area contributed by atoms with E-state index in [4.69, 9.17) is 4.52 Å². The summed E-state index contributed by atoms with van der Waals surface area (Å²) in [5, 5.41) is 0.297. The predicted octanol–water partition coefficient (Wildman–Crippen LogP) is 3.74. The molecule has 0 spiro atoms. The van der Waals surface area contributed by atoms with Crippen molar-refractivity contribution in [2.24, 2.45) is 0 Å². The third-order valence-electron chi connectivity index (χ3n) is 4.91. The number of aryl methyl sites for hydroxylation is 3. The van der Waals surface area contributed by atoms with Crippen LogP contribution in [0.2, 0.25) is 0 Å². The van der Waals surface area contributed by atoms with Gasteiger partial charge in [0.1, 0.15) is 5.75 Å². The van der Waals surface area contributed by atoms with Crippen LogP contribution in [0.1, 0.15) is 16.7 Å². The van der Waals surface area contributed by atoms with E-state index < -0.39 is 37.4 Å². The van der Waals surface area contributed by atoms with Crippen molar-refractivity contribution in [1.82, 2.24) is 12.3 Å². The maximum absolute atomic E-state index is 14.5. The van der Waals surface area contributed by atoms with Gasteiger partial charge >= 0.3 is 7.37 Å². The summed E-state index contributed by atoms with van der Waals surface area (Å²) in [6.45, 7) is 4.92. The average molecular weight is 531 g/mol. The number of hydrogen-bond donors (Lipinski definition) is 4. The van der Waals surface area contributed by atoms with E-state index in [1.807, 2.05) is 0 Å². The molecule has 1 unspecified atom stereocenters. The van der Waals surface area contributed by atoms with Crippen LogP contribution in [-0.2, 0) is 24.8 Å². The molecule has 13 heteroatoms. The minimum absolute atomic E-state index is 0. The molecule has 0 bridgehead atoms. The highest BCUT2D eigenvalue weighted by atomic mass is 32.2. The van der Waals surface area contributed by atoms with E-state index >= 15 is 0 Å². The van der Waals surface area contributed by atoms with Crippen molar-refractivity contribution < 1.29 is 35.0 Å². The third kappa shape index (κ3) is 5.91. The summed E-state index contributed by atoms with van der Waals surface area (Å²) in [6.07, 6.45) is 0. The summed E-state index contributed by atoms with van der Waals surface area (Å²) in [4.78, 5) is -0.906. The second-order valence-corrected chi connectivity index (χ2v) is 12.3. The van der Waals surface area contributed by atoms with Gasteiger partial charge in [0, 0.05) is 6.07 Å². The maximum Gasteiger partial charge on any atom is 0.307 e. The van der Waals surface area contributed by atoms with E-state index in [0.29, 0.717) is 16.7 Å². The van der Waals surface area contributed by atoms with E-state index in [9.17, 15) is 30.5 Å². The Balaban J connectivity index is 0.00000289. The normalized spacial score (nSPS) is 13.2. The first-order valence-corrected chi connectivity index (χ1v) is 13.8. The number of benzene rings is 3. The van der Waals surface area contributed by atoms with Crippen molar-refractivity contribution in [2.75, 3.05) is 0 Å². The lowest BCUT2D eigenvalue weighted by molar-refractivity contribution is 0.478. The highest BCUT2D eigenvalue weighted by Gasteiger charge is 2.35. The molecule has 186 valence electrons. The molecule has 0 saturated carbocycles. The fourth-order valence-electron chi connectivity index (χ4n) is 3.17. The summed E-state index contributed by atoms with van der Waals surface area (Å²) in [6, 6.07) is 13.9. The van der Waals surface area contributed by atoms with Crippen molar-refractivity contribution in [2.45, 2.75) is 30.6 Å². The first-order chi connectivity index (χ1) is 14.7. The highest BCUT2D eigenvalue weighted by Crippen LogP contribution is 2.48. The summed E-state index contributed by atoms with van der Waals surface area (Å²) >= 11 is 0. The molecule has 0 aromatic heterocycles. The number of rotatable bonds is 6. The lowest BCUT2D eigenvalue weighted by Crippen LogP contribution is -2.25. The Morgan fingerprint density at radius 2 is 1.15 bits per heavy atom. The molecule has 0 aliphatic rings. The van der Waals surface area contributed by atoms with Gasteiger partial charge in [-0.3, -0.25) is 13.7 Å². The molecule has 0 heterocycles. The van der Waals surface area contributed by atoms with Crippen LogP contribution in [0.4, 0.5) is 0 Å². The quantitative estimate of drug-likeness (QED) is 0.268. The van der Waals surface area contributed by atoms with Gasteiger partial charge in [0.05, 0.1) is 20.4 Å². The Hall–Kier alpha value is -2.57. The van der Waals surface area contributed by atoms with E-state index in [0.717, 1.165) is 12.1 Å². The lowest BCUT2D eigenvalue weighted by Gasteiger charge is -2.24. The summed E-state index contributed by atoms with van der Waals surface area (Å²) in [5.74, 6) is -0.0663. The third-order valence-corrected chi connectivity index (χ3v) is 9.32. The largest absolute Gasteiger partial charge is 0.437 e. The van der Waals surface area contributed by atoms with Gasteiger partial charge < -0.3 is 16.8 Å². The molecule has 0 saturated heterocycles. The molecule has 10 nitrogen and oxygen atoms in total. The maximum atomic E-state index is 14.5. The Labute approximate surface area is 199 Å². The van der Waals surface area contributed by atoms with Crippen molar-refractivity contribution in [1.29, 1.82) is 0 Å². The van der Waals surface area contributed by atoms with Gasteiger partial charge in [0.2, 0.25) is 0 Å². The molecule has 3 aromatic carbocycles. The fraction of sp³-hybridized carbons (Fsp3) is 0.143. The van der Waals surface area contributed by atoms with E-state index in [1.165, 1.54) is 24.3 Å². The Morgan fingerprint density at radius 3 is 1.68 bits per heavy atom. The monoisotopic (exact) mass is 530 g/mol. The first-order valence-electron chi connectivity index (χ1n) is 9.26. The van der Waals surface area contributed by atoms with E-state index in [2.05, 4.69) is 0 Å². The SMILES string of the molecule is Cc1ccc(S(=O)(=O)O)cc1OP(=O)(c1ccccc1C)c1cc(S(=O)(=O)O)ccc1C.N.N. The van der Waals surface area contributed by atoms with Crippen LogP contribution >= 0.6 is 7.37 Å². The zero-order valence-corrected chi connectivity index (χ0v) is 21.3. The molecule has 0 amide bonds. The summed E-state index contributed by atoms with van der Waals surface area (Å²) in [7, 11) is -13.2. The van der Waals surface area contributed by atoms with E-state index in [1.54, 1.807) is 45.0 Å². The fourth-order valence-corrected chi connectivity index (χ4v) is 6.86. The van der Waals surface area contributed by atoms with Crippen LogP contribution < -0.4 is 27.4 Å². The molecule has 34 heavy (non-hydrogen) atoms. The Morgan fingerprint density at radius 1 is 0.676 bits per heavy atom. The highest BCUT2D eigenvalue weighted by molar-refractivity contribution is 7.86. The number of hydrogen-bond acceptors (Lipinski definition) is 8. The van der Waals surface area contributed by atoms with Gasteiger partial charge in [-0.05, 0) is 61.7 Å². The minimum Gasteiger partial charge on any atom is -0.437 e. The summed E-state index contributed by atoms with van der Waals surface area (Å²) in [5.41, 5.74) is 1.47. The van der Waals surface area contributed by atoms with Crippen molar-refractivity contribution in [3.05, 3.63) is 77.4 Å². The minimum atomic E-state index is -4.59. The van der Waals surface area contributed by atoms with Gasteiger partial charge in [-0.15, -0.1) is 0 Å². The van der Waals surface area contributed by atoms with Crippen LogP contribution in [-0.4, -0.2) is 25.9 Å². The standard InChI is InChI=1S/C21H21O8PS2.2H3N/c1-14-8-10-17(31(23,24)25)12-19(14)29-30(22,20-7-5-4-6-15(20)2)21-13-18(32(26,27)28)11-9-16(21)3;;/h4-13H,1-3H3,(H,23,24,25)(H,26,27,28);2*1H3. The van der Waals surface area contributed by atoms with Crippen molar-refractivity contribution in [3.8, 4) is 5.75 Å².